The van der Waals surface area contributed by atoms with Crippen LogP contribution in [0.2, 0.25) is 5.02 Å². The van der Waals surface area contributed by atoms with E-state index in [-0.39, 0.29) is 17.7 Å². The monoisotopic (exact) mass is 358 g/mol. The Bertz CT molecular complexity index is 775. The van der Waals surface area contributed by atoms with Crippen LogP contribution >= 0.6 is 11.6 Å². The van der Waals surface area contributed by atoms with Crippen LogP contribution in [0.5, 0.6) is 0 Å². The van der Waals surface area contributed by atoms with Gasteiger partial charge in [-0.3, -0.25) is 9.59 Å². The van der Waals surface area contributed by atoms with E-state index in [1.165, 1.54) is 6.20 Å². The second-order valence-corrected chi connectivity index (χ2v) is 6.50. The van der Waals surface area contributed by atoms with Gasteiger partial charge < -0.3 is 16.0 Å². The lowest BCUT2D eigenvalue weighted by Gasteiger charge is -2.16. The number of halogens is 1. The van der Waals surface area contributed by atoms with E-state index < -0.39 is 6.04 Å². The summed E-state index contributed by atoms with van der Waals surface area (Å²) in [6, 6.07) is 10.1. The van der Waals surface area contributed by atoms with Crippen molar-refractivity contribution in [1.82, 2.24) is 4.98 Å². The van der Waals surface area contributed by atoms with Gasteiger partial charge in [0, 0.05) is 23.5 Å². The first-order valence-electron chi connectivity index (χ1n) is 8.11. The minimum atomic E-state index is -0.480. The zero-order chi connectivity index (χ0) is 17.8. The molecule has 7 heteroatoms. The molecule has 0 aliphatic heterocycles. The fourth-order valence-electron chi connectivity index (χ4n) is 2.28. The Morgan fingerprint density at radius 3 is 2.60 bits per heavy atom. The second-order valence-electron chi connectivity index (χ2n) is 6.06. The molecule has 0 bridgehead atoms. The number of amides is 2. The summed E-state index contributed by atoms with van der Waals surface area (Å²) >= 11 is 5.77. The summed E-state index contributed by atoms with van der Waals surface area (Å²) in [5, 5.41) is 9.23. The molecule has 6 nitrogen and oxygen atoms in total. The van der Waals surface area contributed by atoms with E-state index in [1.54, 1.807) is 19.1 Å². The molecule has 1 atom stereocenters. The van der Waals surface area contributed by atoms with Crippen molar-refractivity contribution in [3.05, 3.63) is 47.6 Å². The van der Waals surface area contributed by atoms with Crippen molar-refractivity contribution in [2.24, 2.45) is 5.92 Å². The minimum Gasteiger partial charge on any atom is -0.374 e. The lowest BCUT2D eigenvalue weighted by Crippen LogP contribution is -2.32. The maximum atomic E-state index is 12.2. The molecule has 1 unspecified atom stereocenters. The first-order chi connectivity index (χ1) is 12.0. The molecule has 1 heterocycles. The maximum Gasteiger partial charge on any atom is 0.247 e. The summed E-state index contributed by atoms with van der Waals surface area (Å²) in [7, 11) is 0. The number of rotatable bonds is 6. The predicted molar refractivity (Wildman–Crippen MR) is 98.8 cm³/mol. The van der Waals surface area contributed by atoms with Crippen molar-refractivity contribution in [1.29, 1.82) is 0 Å². The molecule has 3 rings (SSSR count). The topological polar surface area (TPSA) is 83.1 Å². The Morgan fingerprint density at radius 1 is 1.16 bits per heavy atom. The molecule has 1 fully saturated rings. The van der Waals surface area contributed by atoms with E-state index in [2.05, 4.69) is 20.9 Å². The fraction of sp³-hybridized carbons (Fsp3) is 0.278. The Balaban J connectivity index is 1.57. The highest BCUT2D eigenvalue weighted by Gasteiger charge is 2.29. The number of carbonyl (C=O) groups excluding carboxylic acids is 2. The van der Waals surface area contributed by atoms with Crippen molar-refractivity contribution in [2.45, 2.75) is 25.8 Å². The first-order valence-corrected chi connectivity index (χ1v) is 8.49. The predicted octanol–water partition coefficient (Wildman–Crippen LogP) is 3.52. The van der Waals surface area contributed by atoms with Crippen LogP contribution in [0.15, 0.2) is 42.6 Å². The number of anilines is 3. The van der Waals surface area contributed by atoms with Crippen LogP contribution in [0, 0.1) is 5.92 Å². The van der Waals surface area contributed by atoms with E-state index in [1.807, 2.05) is 24.3 Å². The third kappa shape index (κ3) is 4.93. The molecule has 1 aromatic carbocycles. The summed E-state index contributed by atoms with van der Waals surface area (Å²) in [5.74, 6) is 0.417. The van der Waals surface area contributed by atoms with Gasteiger partial charge in [-0.2, -0.15) is 0 Å². The van der Waals surface area contributed by atoms with E-state index in [9.17, 15) is 9.59 Å². The highest BCUT2D eigenvalue weighted by atomic mass is 35.5. The van der Waals surface area contributed by atoms with Crippen LogP contribution in [-0.2, 0) is 9.59 Å². The highest BCUT2D eigenvalue weighted by molar-refractivity contribution is 6.30. The number of hydrogen-bond acceptors (Lipinski definition) is 4. The number of nitrogens with one attached hydrogen (secondary N) is 3. The standard InChI is InChI=1S/C18H19ClN4O2/c1-11(17(24)23-16-8-7-13(19)10-20-16)21-14-3-2-4-15(9-14)22-18(25)12-5-6-12/h2-4,7-12,21H,5-6H2,1H3,(H,22,25)(H,20,23,24). The zero-order valence-corrected chi connectivity index (χ0v) is 14.5. The fourth-order valence-corrected chi connectivity index (χ4v) is 2.39. The van der Waals surface area contributed by atoms with Gasteiger partial charge in [0.25, 0.3) is 0 Å². The smallest absolute Gasteiger partial charge is 0.247 e. The highest BCUT2D eigenvalue weighted by Crippen LogP contribution is 2.30. The Labute approximate surface area is 151 Å². The Hall–Kier alpha value is -2.60. The largest absolute Gasteiger partial charge is 0.374 e. The molecule has 0 radical (unpaired) electrons. The molecule has 1 aromatic heterocycles. The Morgan fingerprint density at radius 2 is 1.92 bits per heavy atom. The molecule has 2 amide bonds. The lowest BCUT2D eigenvalue weighted by molar-refractivity contribution is -0.117. The average Bonchev–Trinajstić information content (AvgIpc) is 3.42. The number of nitrogens with zero attached hydrogens (tertiary/aromatic N) is 1. The van der Waals surface area contributed by atoms with Crippen molar-refractivity contribution < 1.29 is 9.59 Å². The lowest BCUT2D eigenvalue weighted by atomic mass is 10.2. The van der Waals surface area contributed by atoms with Crippen LogP contribution in [0.1, 0.15) is 19.8 Å². The van der Waals surface area contributed by atoms with Crippen LogP contribution in [0.3, 0.4) is 0 Å². The van der Waals surface area contributed by atoms with Gasteiger partial charge in [-0.1, -0.05) is 17.7 Å². The van der Waals surface area contributed by atoms with Crippen molar-refractivity contribution in [3.63, 3.8) is 0 Å². The third-order valence-electron chi connectivity index (χ3n) is 3.83. The number of benzene rings is 1. The summed E-state index contributed by atoms with van der Waals surface area (Å²) in [6.45, 7) is 1.75. The number of carbonyl (C=O) groups is 2. The SMILES string of the molecule is CC(Nc1cccc(NC(=O)C2CC2)c1)C(=O)Nc1ccc(Cl)cn1. The molecule has 0 spiro atoms. The summed E-state index contributed by atoms with van der Waals surface area (Å²) < 4.78 is 0. The molecule has 1 saturated carbocycles. The van der Waals surface area contributed by atoms with E-state index in [0.29, 0.717) is 16.5 Å². The molecule has 3 N–H and O–H groups in total. The first kappa shape index (κ1) is 17.2. The van der Waals surface area contributed by atoms with Gasteiger partial charge >= 0.3 is 0 Å². The van der Waals surface area contributed by atoms with Gasteiger partial charge in [0.15, 0.2) is 0 Å². The van der Waals surface area contributed by atoms with Gasteiger partial charge in [-0.25, -0.2) is 4.98 Å². The molecule has 130 valence electrons. The molecule has 2 aromatic rings. The van der Waals surface area contributed by atoms with E-state index in [4.69, 9.17) is 11.6 Å². The quantitative estimate of drug-likeness (QED) is 0.737. The van der Waals surface area contributed by atoms with Gasteiger partial charge in [-0.05, 0) is 50.1 Å². The van der Waals surface area contributed by atoms with Crippen LogP contribution < -0.4 is 16.0 Å². The van der Waals surface area contributed by atoms with E-state index >= 15 is 0 Å². The van der Waals surface area contributed by atoms with Gasteiger partial charge in [0.2, 0.25) is 11.8 Å². The minimum absolute atomic E-state index is 0.0526. The normalized spacial score (nSPS) is 14.5. The van der Waals surface area contributed by atoms with Crippen molar-refractivity contribution in [3.8, 4) is 0 Å². The van der Waals surface area contributed by atoms with Gasteiger partial charge in [0.05, 0.1) is 5.02 Å². The molecular weight excluding hydrogens is 340 g/mol. The zero-order valence-electron chi connectivity index (χ0n) is 13.8. The molecule has 25 heavy (non-hydrogen) atoms. The maximum absolute atomic E-state index is 12.2. The molecule has 1 aliphatic rings. The van der Waals surface area contributed by atoms with E-state index in [0.717, 1.165) is 18.5 Å². The molecular formula is C18H19ClN4O2. The average molecular weight is 359 g/mol. The number of hydrogen-bond donors (Lipinski definition) is 3. The third-order valence-corrected chi connectivity index (χ3v) is 4.06. The van der Waals surface area contributed by atoms with Crippen LogP contribution in [0.25, 0.3) is 0 Å². The van der Waals surface area contributed by atoms with Crippen molar-refractivity contribution in [2.75, 3.05) is 16.0 Å². The number of aromatic nitrogens is 1. The number of pyridine rings is 1. The van der Waals surface area contributed by atoms with Crippen LogP contribution in [0.4, 0.5) is 17.2 Å². The summed E-state index contributed by atoms with van der Waals surface area (Å²) in [6.07, 6.45) is 3.39. The molecule has 1 aliphatic carbocycles. The summed E-state index contributed by atoms with van der Waals surface area (Å²) in [4.78, 5) is 28.1. The van der Waals surface area contributed by atoms with Gasteiger partial charge in [-0.15, -0.1) is 0 Å². The van der Waals surface area contributed by atoms with Gasteiger partial charge in [0.1, 0.15) is 11.9 Å². The van der Waals surface area contributed by atoms with Crippen molar-refractivity contribution >= 4 is 40.6 Å². The Kier molecular flexibility index (Phi) is 5.19. The molecule has 0 saturated heterocycles. The van der Waals surface area contributed by atoms with Crippen LogP contribution in [-0.4, -0.2) is 22.8 Å². The second kappa shape index (κ2) is 7.53. The summed E-state index contributed by atoms with van der Waals surface area (Å²) in [5.41, 5.74) is 1.47.